The lowest BCUT2D eigenvalue weighted by molar-refractivity contribution is -0.136. The summed E-state index contributed by atoms with van der Waals surface area (Å²) in [5, 5.41) is 9.70. The van der Waals surface area contributed by atoms with E-state index in [0.717, 1.165) is 30.6 Å². The van der Waals surface area contributed by atoms with Crippen LogP contribution in [0.1, 0.15) is 42.8 Å². The maximum Gasteiger partial charge on any atom is 0.278 e. The number of aryl methyl sites for hydroxylation is 2. The quantitative estimate of drug-likeness (QED) is 0.438. The molecule has 3 heterocycles. The molecule has 0 N–H and O–H groups in total. The van der Waals surface area contributed by atoms with Gasteiger partial charge in [0, 0.05) is 13.1 Å². The molecule has 4 aromatic rings. The van der Waals surface area contributed by atoms with Gasteiger partial charge in [0.1, 0.15) is 11.6 Å². The Morgan fingerprint density at radius 3 is 2.26 bits per heavy atom. The topological polar surface area (TPSA) is 73.0 Å². The molecule has 0 unspecified atom stereocenters. The zero-order valence-corrected chi connectivity index (χ0v) is 20.5. The van der Waals surface area contributed by atoms with Crippen LogP contribution < -0.4 is 5.56 Å². The Balaban J connectivity index is 1.36. The van der Waals surface area contributed by atoms with Crippen LogP contribution in [0.4, 0.5) is 0 Å². The zero-order chi connectivity index (χ0) is 24.5. The molecular formula is C28H31N5O2. The Morgan fingerprint density at radius 1 is 0.971 bits per heavy atom. The van der Waals surface area contributed by atoms with E-state index in [1.807, 2.05) is 55.1 Å². The van der Waals surface area contributed by atoms with Crippen LogP contribution in [-0.4, -0.2) is 43.5 Å². The normalized spacial score (nSPS) is 15.5. The van der Waals surface area contributed by atoms with Gasteiger partial charge in [-0.25, -0.2) is 9.36 Å². The molecular weight excluding hydrogens is 438 g/mol. The first-order chi connectivity index (χ1) is 16.9. The number of hydrogen-bond donors (Lipinski definition) is 0. The van der Waals surface area contributed by atoms with Gasteiger partial charge in [0.2, 0.25) is 5.91 Å². The molecule has 1 fully saturated rings. The second-order valence-electron chi connectivity index (χ2n) is 9.53. The number of piperidine rings is 1. The van der Waals surface area contributed by atoms with Crippen LogP contribution >= 0.6 is 0 Å². The fraction of sp³-hybridized carbons (Fsp3) is 0.357. The highest BCUT2D eigenvalue weighted by atomic mass is 16.2. The Morgan fingerprint density at radius 2 is 1.60 bits per heavy atom. The van der Waals surface area contributed by atoms with E-state index in [-0.39, 0.29) is 11.5 Å². The summed E-state index contributed by atoms with van der Waals surface area (Å²) in [6, 6.07) is 19.6. The summed E-state index contributed by atoms with van der Waals surface area (Å²) in [5.74, 6) is 0.521. The number of para-hydroxylation sites is 1. The van der Waals surface area contributed by atoms with Gasteiger partial charge in [0.25, 0.3) is 5.56 Å². The highest BCUT2D eigenvalue weighted by Gasteiger charge is 2.29. The average Bonchev–Trinajstić information content (AvgIpc) is 3.25. The first-order valence-corrected chi connectivity index (χ1v) is 12.3. The van der Waals surface area contributed by atoms with E-state index in [9.17, 15) is 9.59 Å². The molecule has 0 spiro atoms. The summed E-state index contributed by atoms with van der Waals surface area (Å²) in [5.41, 5.74) is 3.92. The summed E-state index contributed by atoms with van der Waals surface area (Å²) in [7, 11) is 0. The zero-order valence-electron chi connectivity index (χ0n) is 20.5. The number of amides is 1. The van der Waals surface area contributed by atoms with Crippen molar-refractivity contribution in [3.8, 4) is 5.69 Å². The third kappa shape index (κ3) is 4.38. The first kappa shape index (κ1) is 23.0. The molecule has 2 aromatic carbocycles. The van der Waals surface area contributed by atoms with E-state index in [1.165, 1.54) is 10.2 Å². The number of likely N-dealkylation sites (tertiary alicyclic amines) is 1. The Bertz CT molecular complexity index is 1400. The number of rotatable bonds is 5. The van der Waals surface area contributed by atoms with Gasteiger partial charge in [0.05, 0.1) is 22.5 Å². The summed E-state index contributed by atoms with van der Waals surface area (Å²) >= 11 is 0. The van der Waals surface area contributed by atoms with E-state index >= 15 is 0 Å². The summed E-state index contributed by atoms with van der Waals surface area (Å²) < 4.78 is 3.12. The van der Waals surface area contributed by atoms with Crippen molar-refractivity contribution in [2.45, 2.75) is 46.1 Å². The summed E-state index contributed by atoms with van der Waals surface area (Å²) in [6.45, 7) is 6.92. The van der Waals surface area contributed by atoms with E-state index in [2.05, 4.69) is 34.5 Å². The molecule has 1 atom stereocenters. The molecule has 5 rings (SSSR count). The lowest BCUT2D eigenvalue weighted by Gasteiger charge is -2.33. The number of nitrogens with zero attached hydrogens (tertiary/aromatic N) is 5. The maximum atomic E-state index is 13.5. The van der Waals surface area contributed by atoms with Crippen molar-refractivity contribution in [1.82, 2.24) is 24.5 Å². The van der Waals surface area contributed by atoms with Crippen molar-refractivity contribution in [1.29, 1.82) is 0 Å². The number of aromatic nitrogens is 4. The van der Waals surface area contributed by atoms with Crippen LogP contribution in [0.3, 0.4) is 0 Å². The van der Waals surface area contributed by atoms with Crippen LogP contribution in [-0.2, 0) is 11.2 Å². The van der Waals surface area contributed by atoms with E-state index < -0.39 is 6.04 Å². The van der Waals surface area contributed by atoms with Crippen LogP contribution in [0.2, 0.25) is 0 Å². The molecule has 35 heavy (non-hydrogen) atoms. The fourth-order valence-corrected chi connectivity index (χ4v) is 5.14. The lowest BCUT2D eigenvalue weighted by Crippen LogP contribution is -2.44. The molecule has 1 saturated heterocycles. The predicted octanol–water partition coefficient (Wildman–Crippen LogP) is 4.24. The molecule has 7 nitrogen and oxygen atoms in total. The third-order valence-corrected chi connectivity index (χ3v) is 7.16. The third-order valence-electron chi connectivity index (χ3n) is 7.16. The molecule has 7 heteroatoms. The number of benzene rings is 2. The van der Waals surface area contributed by atoms with Gasteiger partial charge in [-0.15, -0.1) is 0 Å². The monoisotopic (exact) mass is 469 g/mol. The average molecular weight is 470 g/mol. The van der Waals surface area contributed by atoms with Crippen molar-refractivity contribution in [3.05, 3.63) is 88.0 Å². The summed E-state index contributed by atoms with van der Waals surface area (Å²) in [6.07, 6.45) is 2.98. The molecule has 0 radical (unpaired) electrons. The molecule has 1 aliphatic heterocycles. The van der Waals surface area contributed by atoms with Gasteiger partial charge >= 0.3 is 0 Å². The van der Waals surface area contributed by atoms with Crippen molar-refractivity contribution >= 4 is 16.8 Å². The van der Waals surface area contributed by atoms with Crippen LogP contribution in [0.25, 0.3) is 16.6 Å². The molecule has 1 amide bonds. The minimum atomic E-state index is -0.671. The van der Waals surface area contributed by atoms with Crippen molar-refractivity contribution < 1.29 is 4.79 Å². The van der Waals surface area contributed by atoms with Gasteiger partial charge in [-0.3, -0.25) is 9.59 Å². The minimum Gasteiger partial charge on any atom is -0.341 e. The molecule has 0 saturated carbocycles. The summed E-state index contributed by atoms with van der Waals surface area (Å²) in [4.78, 5) is 28.8. The second-order valence-corrected chi connectivity index (χ2v) is 9.53. The Hall–Kier alpha value is -3.74. The number of hydrogen-bond acceptors (Lipinski definition) is 4. The molecule has 0 bridgehead atoms. The first-order valence-electron chi connectivity index (χ1n) is 12.3. The van der Waals surface area contributed by atoms with Gasteiger partial charge in [-0.1, -0.05) is 48.5 Å². The van der Waals surface area contributed by atoms with Gasteiger partial charge in [-0.05, 0) is 63.6 Å². The Labute approximate surface area is 205 Å². The largest absolute Gasteiger partial charge is 0.341 e. The maximum absolute atomic E-state index is 13.5. The number of carbonyl (C=O) groups excluding carboxylic acids is 1. The lowest BCUT2D eigenvalue weighted by atomic mass is 9.90. The standard InChI is InChI=1S/C28H31N5O2/c1-19-26-25(20(2)32(30-26)24-12-8-5-9-13-24)28(35)33(29-19)21(3)27(34)31-16-14-23(15-17-31)18-22-10-6-4-7-11-22/h4-13,21,23H,14-18H2,1-3H3/t21-/m0/s1. The van der Waals surface area contributed by atoms with Crippen molar-refractivity contribution in [3.63, 3.8) is 0 Å². The molecule has 2 aromatic heterocycles. The SMILES string of the molecule is Cc1nn([C@@H](C)C(=O)N2CCC(Cc3ccccc3)CC2)c(=O)c2c(C)n(-c3ccccc3)nc12. The highest BCUT2D eigenvalue weighted by molar-refractivity contribution is 5.84. The highest BCUT2D eigenvalue weighted by Crippen LogP contribution is 2.24. The Kier molecular flexibility index (Phi) is 6.24. The van der Waals surface area contributed by atoms with E-state index in [0.29, 0.717) is 35.6 Å². The number of carbonyl (C=O) groups is 1. The van der Waals surface area contributed by atoms with Gasteiger partial charge < -0.3 is 4.90 Å². The van der Waals surface area contributed by atoms with Gasteiger partial charge in [0.15, 0.2) is 0 Å². The number of fused-ring (bicyclic) bond motifs is 1. The van der Waals surface area contributed by atoms with Crippen LogP contribution in [0.5, 0.6) is 0 Å². The molecule has 1 aliphatic rings. The van der Waals surface area contributed by atoms with Crippen molar-refractivity contribution in [2.24, 2.45) is 5.92 Å². The predicted molar refractivity (Wildman–Crippen MR) is 137 cm³/mol. The fourth-order valence-electron chi connectivity index (χ4n) is 5.14. The second kappa shape index (κ2) is 9.49. The smallest absolute Gasteiger partial charge is 0.278 e. The minimum absolute atomic E-state index is 0.0513. The van der Waals surface area contributed by atoms with Gasteiger partial charge in [-0.2, -0.15) is 10.2 Å². The van der Waals surface area contributed by atoms with E-state index in [4.69, 9.17) is 0 Å². The van der Waals surface area contributed by atoms with Crippen LogP contribution in [0, 0.1) is 19.8 Å². The molecule has 180 valence electrons. The molecule has 0 aliphatic carbocycles. The van der Waals surface area contributed by atoms with E-state index in [1.54, 1.807) is 11.6 Å². The van der Waals surface area contributed by atoms with Crippen LogP contribution in [0.15, 0.2) is 65.5 Å². The van der Waals surface area contributed by atoms with Crippen molar-refractivity contribution in [2.75, 3.05) is 13.1 Å².